The van der Waals surface area contributed by atoms with Crippen molar-refractivity contribution >= 4 is 5.91 Å². The van der Waals surface area contributed by atoms with Crippen LogP contribution in [0.25, 0.3) is 0 Å². The smallest absolute Gasteiger partial charge is 0.219 e. The van der Waals surface area contributed by atoms with E-state index in [1.165, 1.54) is 0 Å². The van der Waals surface area contributed by atoms with Gasteiger partial charge in [-0.2, -0.15) is 0 Å². The molecule has 1 aliphatic heterocycles. The molecule has 1 amide bonds. The third-order valence-electron chi connectivity index (χ3n) is 3.37. The van der Waals surface area contributed by atoms with Crippen molar-refractivity contribution in [2.45, 2.75) is 33.2 Å². The summed E-state index contributed by atoms with van der Waals surface area (Å²) in [5, 5.41) is 0. The maximum Gasteiger partial charge on any atom is 0.219 e. The second kappa shape index (κ2) is 6.21. The standard InChI is InChI=1S/C12H25N3O/c1-10(2)14(7-5-13)8-12-4-6-15(9-12)11(3)16/h10,12H,4-9,13H2,1-3H3/t12-/m0/s1. The number of rotatable bonds is 5. The van der Waals surface area contributed by atoms with Crippen molar-refractivity contribution < 1.29 is 4.79 Å². The van der Waals surface area contributed by atoms with Crippen molar-refractivity contribution in [2.24, 2.45) is 11.7 Å². The fourth-order valence-corrected chi connectivity index (χ4v) is 2.33. The molecule has 0 radical (unpaired) electrons. The summed E-state index contributed by atoms with van der Waals surface area (Å²) in [6.45, 7) is 10.6. The van der Waals surface area contributed by atoms with E-state index in [1.54, 1.807) is 6.92 Å². The Bertz CT molecular complexity index is 230. The van der Waals surface area contributed by atoms with Crippen LogP contribution in [0.15, 0.2) is 0 Å². The van der Waals surface area contributed by atoms with Gasteiger partial charge in [-0.3, -0.25) is 9.69 Å². The summed E-state index contributed by atoms with van der Waals surface area (Å²) in [5.74, 6) is 0.829. The minimum Gasteiger partial charge on any atom is -0.343 e. The zero-order chi connectivity index (χ0) is 12.1. The summed E-state index contributed by atoms with van der Waals surface area (Å²) in [4.78, 5) is 15.6. The molecule has 16 heavy (non-hydrogen) atoms. The van der Waals surface area contributed by atoms with Gasteiger partial charge in [-0.25, -0.2) is 0 Å². The van der Waals surface area contributed by atoms with Gasteiger partial charge in [0.05, 0.1) is 0 Å². The molecule has 0 aromatic rings. The van der Waals surface area contributed by atoms with E-state index in [-0.39, 0.29) is 5.91 Å². The molecule has 0 aromatic carbocycles. The van der Waals surface area contributed by atoms with Crippen LogP contribution in [-0.2, 0) is 4.79 Å². The lowest BCUT2D eigenvalue weighted by Gasteiger charge is -2.28. The minimum atomic E-state index is 0.206. The topological polar surface area (TPSA) is 49.6 Å². The number of carbonyl (C=O) groups is 1. The van der Waals surface area contributed by atoms with Crippen LogP contribution < -0.4 is 5.73 Å². The highest BCUT2D eigenvalue weighted by atomic mass is 16.2. The molecule has 1 heterocycles. The molecule has 0 saturated carbocycles. The number of likely N-dealkylation sites (tertiary alicyclic amines) is 1. The zero-order valence-electron chi connectivity index (χ0n) is 10.8. The summed E-state index contributed by atoms with van der Waals surface area (Å²) < 4.78 is 0. The molecule has 4 nitrogen and oxygen atoms in total. The summed E-state index contributed by atoms with van der Waals surface area (Å²) in [6.07, 6.45) is 1.13. The summed E-state index contributed by atoms with van der Waals surface area (Å²) >= 11 is 0. The van der Waals surface area contributed by atoms with Gasteiger partial charge in [0.25, 0.3) is 0 Å². The lowest BCUT2D eigenvalue weighted by atomic mass is 10.1. The van der Waals surface area contributed by atoms with E-state index in [2.05, 4.69) is 18.7 Å². The van der Waals surface area contributed by atoms with Crippen LogP contribution >= 0.6 is 0 Å². The van der Waals surface area contributed by atoms with Crippen LogP contribution in [0.2, 0.25) is 0 Å². The molecule has 1 fully saturated rings. The first-order valence-corrected chi connectivity index (χ1v) is 6.24. The van der Waals surface area contributed by atoms with Gasteiger partial charge in [0.15, 0.2) is 0 Å². The molecule has 0 aliphatic carbocycles. The van der Waals surface area contributed by atoms with Crippen LogP contribution in [0.5, 0.6) is 0 Å². The Kier molecular flexibility index (Phi) is 5.22. The molecular weight excluding hydrogens is 202 g/mol. The zero-order valence-corrected chi connectivity index (χ0v) is 10.8. The average Bonchev–Trinajstić information content (AvgIpc) is 2.65. The fourth-order valence-electron chi connectivity index (χ4n) is 2.33. The molecule has 0 spiro atoms. The third kappa shape index (κ3) is 3.76. The number of amides is 1. The summed E-state index contributed by atoms with van der Waals surface area (Å²) in [5.41, 5.74) is 5.61. The van der Waals surface area contributed by atoms with Gasteiger partial charge in [-0.05, 0) is 26.2 Å². The highest BCUT2D eigenvalue weighted by Gasteiger charge is 2.26. The monoisotopic (exact) mass is 227 g/mol. The van der Waals surface area contributed by atoms with Gasteiger partial charge in [0.1, 0.15) is 0 Å². The lowest BCUT2D eigenvalue weighted by molar-refractivity contribution is -0.127. The second-order valence-electron chi connectivity index (χ2n) is 5.00. The Morgan fingerprint density at radius 2 is 2.25 bits per heavy atom. The van der Waals surface area contributed by atoms with Gasteiger partial charge in [-0.1, -0.05) is 0 Å². The predicted molar refractivity (Wildman–Crippen MR) is 66.1 cm³/mol. The molecule has 1 saturated heterocycles. The summed E-state index contributed by atoms with van der Waals surface area (Å²) in [7, 11) is 0. The molecule has 1 atom stereocenters. The Morgan fingerprint density at radius 3 is 2.69 bits per heavy atom. The molecule has 1 rings (SSSR count). The van der Waals surface area contributed by atoms with Crippen molar-refractivity contribution in [1.29, 1.82) is 0 Å². The Balaban J connectivity index is 2.39. The van der Waals surface area contributed by atoms with Gasteiger partial charge in [-0.15, -0.1) is 0 Å². The molecule has 4 heteroatoms. The highest BCUT2D eigenvalue weighted by Crippen LogP contribution is 2.18. The van der Waals surface area contributed by atoms with Gasteiger partial charge >= 0.3 is 0 Å². The van der Waals surface area contributed by atoms with Crippen molar-refractivity contribution in [1.82, 2.24) is 9.80 Å². The van der Waals surface area contributed by atoms with Gasteiger partial charge < -0.3 is 10.6 Å². The first-order chi connectivity index (χ1) is 7.54. The summed E-state index contributed by atoms with van der Waals surface area (Å²) in [6, 6.07) is 0.537. The van der Waals surface area contributed by atoms with Crippen LogP contribution in [0, 0.1) is 5.92 Å². The average molecular weight is 227 g/mol. The largest absolute Gasteiger partial charge is 0.343 e. The first-order valence-electron chi connectivity index (χ1n) is 6.24. The van der Waals surface area contributed by atoms with E-state index in [0.717, 1.165) is 32.6 Å². The van der Waals surface area contributed by atoms with Gasteiger partial charge in [0, 0.05) is 45.7 Å². The molecule has 1 aliphatic rings. The van der Waals surface area contributed by atoms with Crippen LogP contribution in [0.3, 0.4) is 0 Å². The maximum absolute atomic E-state index is 11.2. The van der Waals surface area contributed by atoms with Crippen LogP contribution in [-0.4, -0.2) is 54.5 Å². The van der Waals surface area contributed by atoms with E-state index in [4.69, 9.17) is 5.73 Å². The van der Waals surface area contributed by atoms with Crippen molar-refractivity contribution in [3.05, 3.63) is 0 Å². The normalized spacial score (nSPS) is 21.1. The molecule has 0 unspecified atom stereocenters. The molecule has 0 bridgehead atoms. The molecule has 94 valence electrons. The van der Waals surface area contributed by atoms with Gasteiger partial charge in [0.2, 0.25) is 5.91 Å². The van der Waals surface area contributed by atoms with E-state index in [0.29, 0.717) is 18.5 Å². The number of carbonyl (C=O) groups excluding carboxylic acids is 1. The molecule has 0 aromatic heterocycles. The van der Waals surface area contributed by atoms with E-state index in [1.807, 2.05) is 4.90 Å². The quantitative estimate of drug-likeness (QED) is 0.745. The SMILES string of the molecule is CC(=O)N1CC[C@@H](CN(CCN)C(C)C)C1. The number of hydrogen-bond donors (Lipinski definition) is 1. The number of nitrogens with two attached hydrogens (primary N) is 1. The fraction of sp³-hybridized carbons (Fsp3) is 0.917. The molecule has 2 N–H and O–H groups in total. The first kappa shape index (κ1) is 13.5. The Hall–Kier alpha value is -0.610. The van der Waals surface area contributed by atoms with E-state index >= 15 is 0 Å². The minimum absolute atomic E-state index is 0.206. The Morgan fingerprint density at radius 1 is 1.56 bits per heavy atom. The Labute approximate surface area is 98.8 Å². The molecular formula is C12H25N3O. The van der Waals surface area contributed by atoms with Crippen LogP contribution in [0.4, 0.5) is 0 Å². The second-order valence-corrected chi connectivity index (χ2v) is 5.00. The van der Waals surface area contributed by atoms with Crippen molar-refractivity contribution in [3.63, 3.8) is 0 Å². The van der Waals surface area contributed by atoms with Crippen molar-refractivity contribution in [3.8, 4) is 0 Å². The number of nitrogens with zero attached hydrogens (tertiary/aromatic N) is 2. The van der Waals surface area contributed by atoms with Crippen molar-refractivity contribution in [2.75, 3.05) is 32.7 Å². The van der Waals surface area contributed by atoms with Crippen LogP contribution in [0.1, 0.15) is 27.2 Å². The van der Waals surface area contributed by atoms with E-state index < -0.39 is 0 Å². The highest BCUT2D eigenvalue weighted by molar-refractivity contribution is 5.73. The maximum atomic E-state index is 11.2. The number of hydrogen-bond acceptors (Lipinski definition) is 3. The van der Waals surface area contributed by atoms with E-state index in [9.17, 15) is 4.79 Å². The third-order valence-corrected chi connectivity index (χ3v) is 3.37. The lowest BCUT2D eigenvalue weighted by Crippen LogP contribution is -2.39. The predicted octanol–water partition coefficient (Wildman–Crippen LogP) is 0.524.